The van der Waals surface area contributed by atoms with Gasteiger partial charge in [0.2, 0.25) is 0 Å². The average molecular weight is 210 g/mol. The van der Waals surface area contributed by atoms with E-state index in [9.17, 15) is 14.7 Å². The van der Waals surface area contributed by atoms with Crippen molar-refractivity contribution in [2.24, 2.45) is 0 Å². The fourth-order valence-corrected chi connectivity index (χ4v) is 1.33. The first kappa shape index (κ1) is 11.3. The van der Waals surface area contributed by atoms with Crippen LogP contribution in [0.15, 0.2) is 0 Å². The summed E-state index contributed by atoms with van der Waals surface area (Å²) in [4.78, 5) is 24.8. The summed E-state index contributed by atoms with van der Waals surface area (Å²) < 4.78 is 4.76. The van der Waals surface area contributed by atoms with Crippen LogP contribution in [-0.2, 0) is 4.74 Å². The van der Waals surface area contributed by atoms with Gasteiger partial charge in [-0.1, -0.05) is 0 Å². The van der Waals surface area contributed by atoms with Gasteiger partial charge in [-0.25, -0.2) is 4.79 Å². The zero-order valence-corrected chi connectivity index (χ0v) is 8.84. The summed E-state index contributed by atoms with van der Waals surface area (Å²) in [7, 11) is 0. The maximum Gasteiger partial charge on any atom is 0.340 e. The molecule has 0 fully saturated rings. The first-order valence-electron chi connectivity index (χ1n) is 4.56. The van der Waals surface area contributed by atoms with Crippen molar-refractivity contribution in [3.63, 3.8) is 0 Å². The van der Waals surface area contributed by atoms with E-state index in [0.29, 0.717) is 11.3 Å². The number of ether oxygens (including phenoxy) is 1. The summed E-state index contributed by atoms with van der Waals surface area (Å²) in [5.74, 6) is -2.05. The van der Waals surface area contributed by atoms with E-state index in [2.05, 4.69) is 4.98 Å². The van der Waals surface area contributed by atoms with E-state index in [1.807, 2.05) is 0 Å². The van der Waals surface area contributed by atoms with Crippen molar-refractivity contribution in [2.45, 2.75) is 20.8 Å². The lowest BCUT2D eigenvalue weighted by atomic mass is 10.1. The van der Waals surface area contributed by atoms with Crippen LogP contribution < -0.4 is 5.11 Å². The lowest BCUT2D eigenvalue weighted by Gasteiger charge is -2.05. The molecule has 0 aliphatic heterocycles. The molecule has 5 nitrogen and oxygen atoms in total. The smallest absolute Gasteiger partial charge is 0.340 e. The predicted octanol–water partition coefficient (Wildman–Crippen LogP) is 0.172. The number of carbonyl (C=O) groups is 2. The fraction of sp³-hybridized carbons (Fsp3) is 0.400. The molecule has 0 aromatic carbocycles. The van der Waals surface area contributed by atoms with Gasteiger partial charge in [-0.2, -0.15) is 0 Å². The number of esters is 1. The molecule has 1 rings (SSSR count). The number of hydrogen-bond donors (Lipinski definition) is 1. The number of carbonyl (C=O) groups excluding carboxylic acids is 2. The van der Waals surface area contributed by atoms with E-state index in [4.69, 9.17) is 4.74 Å². The standard InChI is InChI=1S/C10H13NO4/c1-4-15-10(14)7-5(2)6(3)11-8(7)9(12)13/h11H,4H2,1-3H3,(H,12,13)/p-1. The number of nitrogens with one attached hydrogen (secondary N) is 1. The van der Waals surface area contributed by atoms with Crippen LogP contribution in [0.2, 0.25) is 0 Å². The Hall–Kier alpha value is -1.78. The molecule has 0 aliphatic carbocycles. The summed E-state index contributed by atoms with van der Waals surface area (Å²) in [6.07, 6.45) is 0. The number of aromatic amines is 1. The largest absolute Gasteiger partial charge is 0.543 e. The number of aromatic nitrogens is 1. The molecule has 0 spiro atoms. The van der Waals surface area contributed by atoms with Gasteiger partial charge in [0.25, 0.3) is 0 Å². The summed E-state index contributed by atoms with van der Waals surface area (Å²) in [5.41, 5.74) is 1.03. The normalized spacial score (nSPS) is 10.1. The lowest BCUT2D eigenvalue weighted by molar-refractivity contribution is -0.255. The molecule has 82 valence electrons. The average Bonchev–Trinajstić information content (AvgIpc) is 2.44. The molecule has 5 heteroatoms. The third-order valence-electron chi connectivity index (χ3n) is 2.18. The molecule has 1 aromatic heterocycles. The monoisotopic (exact) mass is 210 g/mol. The van der Waals surface area contributed by atoms with Crippen LogP contribution in [-0.4, -0.2) is 23.5 Å². The number of carboxylic acid groups (broad SMARTS) is 1. The minimum Gasteiger partial charge on any atom is -0.543 e. The Kier molecular flexibility index (Phi) is 3.14. The Balaban J connectivity index is 3.25. The molecule has 1 aromatic rings. The first-order valence-corrected chi connectivity index (χ1v) is 4.56. The number of hydrogen-bond acceptors (Lipinski definition) is 4. The third kappa shape index (κ3) is 2.01. The van der Waals surface area contributed by atoms with Crippen molar-refractivity contribution in [2.75, 3.05) is 6.61 Å². The van der Waals surface area contributed by atoms with Crippen LogP contribution in [0.1, 0.15) is 39.0 Å². The highest BCUT2D eigenvalue weighted by Gasteiger charge is 2.20. The molecule has 1 heterocycles. The quantitative estimate of drug-likeness (QED) is 0.721. The van der Waals surface area contributed by atoms with Crippen LogP contribution in [0.5, 0.6) is 0 Å². The van der Waals surface area contributed by atoms with Gasteiger partial charge >= 0.3 is 5.97 Å². The molecule has 0 bridgehead atoms. The zero-order valence-electron chi connectivity index (χ0n) is 8.84. The van der Waals surface area contributed by atoms with Gasteiger partial charge in [-0.05, 0) is 26.3 Å². The maximum absolute atomic E-state index is 11.5. The Bertz CT molecular complexity index is 406. The van der Waals surface area contributed by atoms with Crippen molar-refractivity contribution in [3.8, 4) is 0 Å². The number of H-pyrrole nitrogens is 1. The van der Waals surface area contributed by atoms with Crippen LogP contribution in [0.25, 0.3) is 0 Å². The van der Waals surface area contributed by atoms with E-state index < -0.39 is 11.9 Å². The molecule has 15 heavy (non-hydrogen) atoms. The topological polar surface area (TPSA) is 82.2 Å². The van der Waals surface area contributed by atoms with Crippen LogP contribution in [0.4, 0.5) is 0 Å². The maximum atomic E-state index is 11.5. The van der Waals surface area contributed by atoms with Gasteiger partial charge in [0.1, 0.15) is 0 Å². The molecule has 0 saturated carbocycles. The van der Waals surface area contributed by atoms with Crippen LogP contribution >= 0.6 is 0 Å². The molecular weight excluding hydrogens is 198 g/mol. The highest BCUT2D eigenvalue weighted by atomic mass is 16.5. The van der Waals surface area contributed by atoms with Gasteiger partial charge in [0.05, 0.1) is 23.8 Å². The van der Waals surface area contributed by atoms with E-state index in [1.54, 1.807) is 20.8 Å². The van der Waals surface area contributed by atoms with Gasteiger partial charge < -0.3 is 19.6 Å². The van der Waals surface area contributed by atoms with Gasteiger partial charge in [0, 0.05) is 5.69 Å². The molecule has 0 unspecified atom stereocenters. The van der Waals surface area contributed by atoms with E-state index in [0.717, 1.165) is 0 Å². The minimum atomic E-state index is -1.41. The highest BCUT2D eigenvalue weighted by molar-refractivity contribution is 6.02. The Morgan fingerprint density at radius 3 is 2.47 bits per heavy atom. The van der Waals surface area contributed by atoms with Crippen LogP contribution in [0, 0.1) is 13.8 Å². The van der Waals surface area contributed by atoms with Crippen molar-refractivity contribution in [1.82, 2.24) is 4.98 Å². The molecule has 0 atom stereocenters. The molecule has 0 amide bonds. The summed E-state index contributed by atoms with van der Waals surface area (Å²) in [5, 5.41) is 10.7. The van der Waals surface area contributed by atoms with Crippen molar-refractivity contribution < 1.29 is 19.4 Å². The van der Waals surface area contributed by atoms with E-state index in [-0.39, 0.29) is 17.9 Å². The minimum absolute atomic E-state index is 0.0503. The zero-order chi connectivity index (χ0) is 11.6. The number of aromatic carboxylic acids is 1. The number of carboxylic acids is 1. The Labute approximate surface area is 87.1 Å². The second kappa shape index (κ2) is 4.16. The summed E-state index contributed by atoms with van der Waals surface area (Å²) in [6.45, 7) is 5.20. The van der Waals surface area contributed by atoms with Crippen molar-refractivity contribution in [1.29, 1.82) is 0 Å². The van der Waals surface area contributed by atoms with Crippen molar-refractivity contribution in [3.05, 3.63) is 22.5 Å². The van der Waals surface area contributed by atoms with Gasteiger partial charge in [-0.3, -0.25) is 0 Å². The van der Waals surface area contributed by atoms with Crippen LogP contribution in [0.3, 0.4) is 0 Å². The molecule has 0 aliphatic rings. The fourth-order valence-electron chi connectivity index (χ4n) is 1.33. The summed E-state index contributed by atoms with van der Waals surface area (Å²) in [6, 6.07) is 0. The number of aryl methyl sites for hydroxylation is 1. The molecule has 0 radical (unpaired) electrons. The molecule has 0 saturated heterocycles. The van der Waals surface area contributed by atoms with Gasteiger partial charge in [0.15, 0.2) is 0 Å². The predicted molar refractivity (Wildman–Crippen MR) is 50.6 cm³/mol. The lowest BCUT2D eigenvalue weighted by Crippen LogP contribution is -2.25. The summed E-state index contributed by atoms with van der Waals surface area (Å²) >= 11 is 0. The molecular formula is C10H12NO4-. The second-order valence-corrected chi connectivity index (χ2v) is 3.13. The van der Waals surface area contributed by atoms with Crippen molar-refractivity contribution >= 4 is 11.9 Å². The second-order valence-electron chi connectivity index (χ2n) is 3.13. The van der Waals surface area contributed by atoms with E-state index in [1.165, 1.54) is 0 Å². The molecule has 1 N–H and O–H groups in total. The third-order valence-corrected chi connectivity index (χ3v) is 2.18. The number of rotatable bonds is 3. The Morgan fingerprint density at radius 2 is 2.00 bits per heavy atom. The SMILES string of the molecule is CCOC(=O)c1c(C(=O)[O-])[nH]c(C)c1C. The highest BCUT2D eigenvalue weighted by Crippen LogP contribution is 2.18. The first-order chi connectivity index (χ1) is 6.99. The Morgan fingerprint density at radius 1 is 1.40 bits per heavy atom. The van der Waals surface area contributed by atoms with E-state index >= 15 is 0 Å². The van der Waals surface area contributed by atoms with Gasteiger partial charge in [-0.15, -0.1) is 0 Å².